The lowest BCUT2D eigenvalue weighted by Crippen LogP contribution is -2.54. The number of benzene rings is 3. The first kappa shape index (κ1) is 51.9. The van der Waals surface area contributed by atoms with Crippen molar-refractivity contribution in [3.8, 4) is 29.1 Å². The van der Waals surface area contributed by atoms with Crippen LogP contribution in [-0.2, 0) is 30.3 Å². The minimum atomic E-state index is -2.08. The number of aromatic hydroxyl groups is 3. The molecule has 1 saturated heterocycles. The van der Waals surface area contributed by atoms with Crippen LogP contribution in [-0.4, -0.2) is 122 Å². The van der Waals surface area contributed by atoms with Crippen LogP contribution in [0.25, 0.3) is 10.8 Å². The van der Waals surface area contributed by atoms with Crippen LogP contribution in [0.4, 0.5) is 5.69 Å². The predicted molar refractivity (Wildman–Crippen MR) is 259 cm³/mol. The average Bonchev–Trinajstić information content (AvgIpc) is 3.57. The molecule has 3 aromatic rings. The number of allylic oxidation sites excluding steroid dienone is 2. The minimum Gasteiger partial charge on any atom is -0.507 e. The number of nitriles is 1. The Morgan fingerprint density at radius 2 is 1.65 bits per heavy atom. The summed E-state index contributed by atoms with van der Waals surface area (Å²) in [5, 5.41) is 77.5. The summed E-state index contributed by atoms with van der Waals surface area (Å²) in [5.74, 6) is -8.64. The van der Waals surface area contributed by atoms with Crippen LogP contribution < -0.4 is 10.1 Å². The van der Waals surface area contributed by atoms with E-state index in [-0.39, 0.29) is 56.6 Å². The summed E-state index contributed by atoms with van der Waals surface area (Å²) in [6.45, 7) is 18.2. The third-order valence-corrected chi connectivity index (χ3v) is 13.8. The molecule has 0 aliphatic carbocycles. The van der Waals surface area contributed by atoms with E-state index in [2.05, 4.69) is 16.3 Å². The zero-order chi connectivity index (χ0) is 50.8. The summed E-state index contributed by atoms with van der Waals surface area (Å²) in [4.78, 5) is 43.3. The van der Waals surface area contributed by atoms with E-state index in [4.69, 9.17) is 24.0 Å². The number of hydrogen-bond acceptors (Lipinski definition) is 16. The molecule has 4 heterocycles. The molecule has 6 N–H and O–H groups in total. The second kappa shape index (κ2) is 21.0. The highest BCUT2D eigenvalue weighted by Gasteiger charge is 2.50. The van der Waals surface area contributed by atoms with Crippen molar-refractivity contribution in [1.82, 2.24) is 9.91 Å². The molecular weight excluding hydrogens is 887 g/mol. The molecule has 69 heavy (non-hydrogen) atoms. The Morgan fingerprint density at radius 3 is 2.29 bits per heavy atom. The molecule has 5 bridgehead atoms. The van der Waals surface area contributed by atoms with Gasteiger partial charge in [0, 0.05) is 80.8 Å². The van der Waals surface area contributed by atoms with Gasteiger partial charge in [-0.2, -0.15) is 10.4 Å². The molecule has 370 valence electrons. The number of ketones is 1. The van der Waals surface area contributed by atoms with E-state index < -0.39 is 88.8 Å². The molecule has 17 heteroatoms. The number of carbonyl (C=O) groups excluding carboxylic acids is 3. The number of anilines is 1. The van der Waals surface area contributed by atoms with E-state index >= 15 is 0 Å². The minimum absolute atomic E-state index is 0.0350. The van der Waals surface area contributed by atoms with Crippen molar-refractivity contribution in [3.05, 3.63) is 88.2 Å². The van der Waals surface area contributed by atoms with Gasteiger partial charge in [-0.1, -0.05) is 58.1 Å². The summed E-state index contributed by atoms with van der Waals surface area (Å²) < 4.78 is 23.8. The summed E-state index contributed by atoms with van der Waals surface area (Å²) >= 11 is 0. The molecule has 0 aromatic heterocycles. The fourth-order valence-electron chi connectivity index (χ4n) is 9.77. The number of rotatable bonds is 6. The van der Waals surface area contributed by atoms with Crippen molar-refractivity contribution in [3.63, 3.8) is 0 Å². The van der Waals surface area contributed by atoms with Gasteiger partial charge in [-0.3, -0.25) is 24.3 Å². The molecule has 0 spiro atoms. The number of esters is 1. The number of fused-ring (bicyclic) bond motifs is 14. The number of aliphatic hydroxyl groups excluding tert-OH is 2. The zero-order valence-electron chi connectivity index (χ0n) is 41.1. The number of nitrogens with one attached hydrogen (secondary N) is 1. The lowest BCUT2D eigenvalue weighted by atomic mass is 9.78. The highest BCUT2D eigenvalue weighted by Crippen LogP contribution is 2.55. The molecule has 4 aliphatic rings. The van der Waals surface area contributed by atoms with Crippen LogP contribution in [0.15, 0.2) is 65.5 Å². The predicted octanol–water partition coefficient (Wildman–Crippen LogP) is 6.55. The number of phenols is 3. The maximum Gasteiger partial charge on any atom is 0.312 e. The van der Waals surface area contributed by atoms with Crippen molar-refractivity contribution >= 4 is 40.3 Å². The number of amides is 1. The second-order valence-corrected chi connectivity index (χ2v) is 18.9. The Balaban J connectivity index is 1.48. The van der Waals surface area contributed by atoms with Crippen molar-refractivity contribution < 1.29 is 58.9 Å². The van der Waals surface area contributed by atoms with Gasteiger partial charge in [-0.05, 0) is 51.5 Å². The number of methoxy groups -OCH3 is 1. The number of Topliss-reactive ketones (excluding diaryl/α,β-unsaturated/α-hetero) is 1. The van der Waals surface area contributed by atoms with Gasteiger partial charge < -0.3 is 49.8 Å². The standard InChI is InChI=1S/C52H65N5O12/c1-26-14-12-15-27(2)51(65)55-42-37(22-54-57-28(3)23-56(24-29(57)4)25-36-17-13-16-35(20-36)21-53)46(62)39-40(47(42)63)45(61)33(8)49-41(39)50(64)52(10,69-49)67-19-18-38(66-11)30(5)48(68-34(9)58)32(7)44(60)31(6)43(26)59/h12-20,22,26,28-32,38,43-44,48,59-63H,23-25H2,1-11H3,(H,55,65)/t26-,28-,29+,30+,31-,32-,38+,43-,44-,48+,52-/m0/s1. The van der Waals surface area contributed by atoms with Crippen molar-refractivity contribution in [2.24, 2.45) is 28.8 Å². The Bertz CT molecular complexity index is 2630. The molecule has 0 unspecified atom stereocenters. The maximum atomic E-state index is 14.7. The molecular formula is C52H65N5O12. The largest absolute Gasteiger partial charge is 0.507 e. The second-order valence-electron chi connectivity index (χ2n) is 18.9. The first-order chi connectivity index (χ1) is 32.5. The summed E-state index contributed by atoms with van der Waals surface area (Å²) in [6, 6.07) is 9.26. The van der Waals surface area contributed by atoms with Crippen LogP contribution in [0.3, 0.4) is 0 Å². The van der Waals surface area contributed by atoms with Gasteiger partial charge in [0.2, 0.25) is 0 Å². The normalized spacial score (nSPS) is 29.4. The van der Waals surface area contributed by atoms with Gasteiger partial charge in [0.15, 0.2) is 5.75 Å². The average molecular weight is 952 g/mol. The lowest BCUT2D eigenvalue weighted by Gasteiger charge is -2.42. The Morgan fingerprint density at radius 1 is 0.971 bits per heavy atom. The number of piperazine rings is 1. The van der Waals surface area contributed by atoms with Gasteiger partial charge in [0.05, 0.1) is 76.7 Å². The number of ether oxygens (including phenoxy) is 4. The number of aliphatic hydroxyl groups is 2. The Kier molecular flexibility index (Phi) is 15.8. The van der Waals surface area contributed by atoms with Gasteiger partial charge in [0.25, 0.3) is 11.7 Å². The van der Waals surface area contributed by atoms with Crippen molar-refractivity contribution in [2.75, 3.05) is 25.5 Å². The van der Waals surface area contributed by atoms with E-state index in [1.54, 1.807) is 45.9 Å². The van der Waals surface area contributed by atoms with Gasteiger partial charge in [-0.25, -0.2) is 0 Å². The quantitative estimate of drug-likeness (QED) is 0.0664. The number of hydrazone groups is 1. The Labute approximate surface area is 402 Å². The smallest absolute Gasteiger partial charge is 0.312 e. The molecule has 0 saturated carbocycles. The molecule has 7 rings (SSSR count). The maximum absolute atomic E-state index is 14.7. The summed E-state index contributed by atoms with van der Waals surface area (Å²) in [6.07, 6.45) is 4.76. The third kappa shape index (κ3) is 10.4. The lowest BCUT2D eigenvalue weighted by molar-refractivity contribution is -0.160. The molecule has 4 aliphatic heterocycles. The number of carbonyl (C=O) groups is 3. The molecule has 17 nitrogen and oxygen atoms in total. The van der Waals surface area contributed by atoms with Crippen LogP contribution in [0, 0.1) is 41.9 Å². The van der Waals surface area contributed by atoms with E-state index in [0.717, 1.165) is 5.56 Å². The fourth-order valence-corrected chi connectivity index (χ4v) is 9.77. The van der Waals surface area contributed by atoms with Crippen LogP contribution in [0.2, 0.25) is 0 Å². The van der Waals surface area contributed by atoms with E-state index in [1.807, 2.05) is 37.1 Å². The van der Waals surface area contributed by atoms with E-state index in [9.17, 15) is 45.2 Å². The monoisotopic (exact) mass is 951 g/mol. The number of phenolic OH excluding ortho intramolecular Hbond substituents is 3. The van der Waals surface area contributed by atoms with Gasteiger partial charge >= 0.3 is 11.8 Å². The molecule has 0 radical (unpaired) electrons. The summed E-state index contributed by atoms with van der Waals surface area (Å²) in [5.41, 5.74) is 1.06. The number of nitrogens with zero attached hydrogens (tertiary/aromatic N) is 4. The zero-order valence-corrected chi connectivity index (χ0v) is 41.1. The third-order valence-electron chi connectivity index (χ3n) is 13.8. The van der Waals surface area contributed by atoms with Crippen LogP contribution in [0.5, 0.6) is 23.0 Å². The molecule has 11 atom stereocenters. The van der Waals surface area contributed by atoms with Crippen LogP contribution >= 0.6 is 0 Å². The summed E-state index contributed by atoms with van der Waals surface area (Å²) in [7, 11) is 1.43. The molecule has 1 amide bonds. The topological polar surface area (TPSA) is 244 Å². The first-order valence-electron chi connectivity index (χ1n) is 23.2. The highest BCUT2D eigenvalue weighted by atomic mass is 16.7. The molecule has 3 aromatic carbocycles. The van der Waals surface area contributed by atoms with Crippen molar-refractivity contribution in [2.45, 2.75) is 118 Å². The van der Waals surface area contributed by atoms with E-state index in [0.29, 0.717) is 25.2 Å². The van der Waals surface area contributed by atoms with Gasteiger partial charge in [-0.15, -0.1) is 0 Å². The van der Waals surface area contributed by atoms with Crippen LogP contribution in [0.1, 0.15) is 94.9 Å². The highest BCUT2D eigenvalue weighted by molar-refractivity contribution is 6.23. The van der Waals surface area contributed by atoms with Gasteiger partial charge in [0.1, 0.15) is 23.4 Å². The first-order valence-corrected chi connectivity index (χ1v) is 23.2. The van der Waals surface area contributed by atoms with E-state index in [1.165, 1.54) is 59.4 Å². The SMILES string of the molecule is CO[C@@H]1C=CO[C@@]2(C)Oc3c(C)c(O)c4c(O)c(c(C=NN5[C@H](C)CN(Cc6cccc(C#N)c6)C[C@@H]5C)c(O)c4c3C2=O)NC(=O)C(C)=CC=C[C@H](C)[C@H](O)[C@H](C)[C@H](O)[C@H](C)[C@H](OC(C)=O)[C@@H]1C. The number of hydrogen-bond donors (Lipinski definition) is 6. The fraction of sp³-hybridized carbons (Fsp3) is 0.481. The molecule has 1 fully saturated rings. The Hall–Kier alpha value is -6.45. The van der Waals surface area contributed by atoms with Crippen molar-refractivity contribution in [1.29, 1.82) is 5.26 Å².